The molecule has 0 saturated carbocycles. The van der Waals surface area contributed by atoms with Gasteiger partial charge in [0.15, 0.2) is 6.29 Å². The molecular formula is C13H15NO3. The van der Waals surface area contributed by atoms with E-state index in [4.69, 9.17) is 9.84 Å². The zero-order chi connectivity index (χ0) is 12.1. The Morgan fingerprint density at radius 3 is 2.88 bits per heavy atom. The molecule has 4 nitrogen and oxygen atoms in total. The Morgan fingerprint density at radius 2 is 2.06 bits per heavy atom. The lowest BCUT2D eigenvalue weighted by Gasteiger charge is -2.13. The summed E-state index contributed by atoms with van der Waals surface area (Å²) in [5, 5.41) is 20.2. The van der Waals surface area contributed by atoms with Gasteiger partial charge in [0.05, 0.1) is 0 Å². The molecular weight excluding hydrogens is 218 g/mol. The summed E-state index contributed by atoms with van der Waals surface area (Å²) in [5.41, 5.74) is 0. The van der Waals surface area contributed by atoms with Crippen molar-refractivity contribution in [3.05, 3.63) is 36.5 Å². The minimum absolute atomic E-state index is 0.0450. The summed E-state index contributed by atoms with van der Waals surface area (Å²) < 4.78 is 5.36. The Hall–Kier alpha value is -1.65. The molecule has 2 rings (SSSR count). The van der Waals surface area contributed by atoms with E-state index in [0.29, 0.717) is 18.7 Å². The minimum atomic E-state index is -0.930. The zero-order valence-electron chi connectivity index (χ0n) is 9.41. The third kappa shape index (κ3) is 2.93. The Kier molecular flexibility index (Phi) is 3.90. The van der Waals surface area contributed by atoms with Crippen LogP contribution in [0.2, 0.25) is 0 Å². The number of rotatable bonds is 5. The first kappa shape index (κ1) is 11.8. The topological polar surface area (TPSA) is 62.6 Å². The molecule has 1 aromatic carbocycles. The van der Waals surface area contributed by atoms with Crippen LogP contribution in [0.1, 0.15) is 12.8 Å². The molecule has 0 aliphatic rings. The Bertz CT molecular complexity index is 482. The van der Waals surface area contributed by atoms with Crippen LogP contribution in [-0.2, 0) is 0 Å². The molecule has 1 unspecified atom stereocenters. The number of aromatic nitrogens is 1. The van der Waals surface area contributed by atoms with Gasteiger partial charge in [0.25, 0.3) is 0 Å². The van der Waals surface area contributed by atoms with E-state index in [1.165, 1.54) is 0 Å². The van der Waals surface area contributed by atoms with Gasteiger partial charge in [-0.2, -0.15) is 0 Å². The molecule has 17 heavy (non-hydrogen) atoms. The third-order valence-electron chi connectivity index (χ3n) is 2.49. The van der Waals surface area contributed by atoms with E-state index in [1.807, 2.05) is 30.3 Å². The summed E-state index contributed by atoms with van der Waals surface area (Å²) in [5.74, 6) is 0.425. The van der Waals surface area contributed by atoms with Crippen LogP contribution in [0.25, 0.3) is 10.8 Å². The Balaban J connectivity index is 2.18. The fourth-order valence-electron chi connectivity index (χ4n) is 1.64. The predicted octanol–water partition coefficient (Wildman–Crippen LogP) is 1.70. The summed E-state index contributed by atoms with van der Waals surface area (Å²) >= 11 is 0. The second-order valence-electron chi connectivity index (χ2n) is 3.78. The smallest absolute Gasteiger partial charge is 0.223 e. The molecule has 0 fully saturated rings. The molecule has 1 aromatic heterocycles. The lowest BCUT2D eigenvalue weighted by atomic mass is 10.2. The van der Waals surface area contributed by atoms with Crippen molar-refractivity contribution in [1.82, 2.24) is 4.98 Å². The SMILES string of the molecule is OCCCC(O)Oc1nccc2ccccc12. The molecule has 90 valence electrons. The van der Waals surface area contributed by atoms with E-state index in [0.717, 1.165) is 10.8 Å². The normalized spacial score (nSPS) is 12.6. The van der Waals surface area contributed by atoms with Gasteiger partial charge in [0.2, 0.25) is 5.88 Å². The van der Waals surface area contributed by atoms with Gasteiger partial charge in [0.1, 0.15) is 0 Å². The first-order chi connectivity index (χ1) is 8.31. The number of aliphatic hydroxyl groups excluding tert-OH is 2. The van der Waals surface area contributed by atoms with Crippen molar-refractivity contribution >= 4 is 10.8 Å². The number of hydrogen-bond donors (Lipinski definition) is 2. The van der Waals surface area contributed by atoms with E-state index in [-0.39, 0.29) is 6.61 Å². The second kappa shape index (κ2) is 5.61. The van der Waals surface area contributed by atoms with Crippen LogP contribution in [0, 0.1) is 0 Å². The van der Waals surface area contributed by atoms with Crippen molar-refractivity contribution < 1.29 is 14.9 Å². The molecule has 0 bridgehead atoms. The van der Waals surface area contributed by atoms with Crippen LogP contribution < -0.4 is 4.74 Å². The highest BCUT2D eigenvalue weighted by molar-refractivity contribution is 5.86. The van der Waals surface area contributed by atoms with Crippen LogP contribution >= 0.6 is 0 Å². The van der Waals surface area contributed by atoms with Gasteiger partial charge < -0.3 is 14.9 Å². The van der Waals surface area contributed by atoms with Crippen molar-refractivity contribution in [2.75, 3.05) is 6.61 Å². The van der Waals surface area contributed by atoms with Crippen molar-refractivity contribution in [3.8, 4) is 5.88 Å². The Morgan fingerprint density at radius 1 is 1.24 bits per heavy atom. The number of fused-ring (bicyclic) bond motifs is 1. The average molecular weight is 233 g/mol. The molecule has 4 heteroatoms. The number of ether oxygens (including phenoxy) is 1. The molecule has 2 aromatic rings. The quantitative estimate of drug-likeness (QED) is 0.772. The largest absolute Gasteiger partial charge is 0.448 e. The second-order valence-corrected chi connectivity index (χ2v) is 3.78. The van der Waals surface area contributed by atoms with Crippen molar-refractivity contribution in [2.24, 2.45) is 0 Å². The highest BCUT2D eigenvalue weighted by Crippen LogP contribution is 2.23. The van der Waals surface area contributed by atoms with Gasteiger partial charge in [-0.25, -0.2) is 4.98 Å². The van der Waals surface area contributed by atoms with Crippen LogP contribution in [0.3, 0.4) is 0 Å². The summed E-state index contributed by atoms with van der Waals surface area (Å²) in [4.78, 5) is 4.11. The predicted molar refractivity (Wildman–Crippen MR) is 64.7 cm³/mol. The molecule has 0 aliphatic carbocycles. The molecule has 0 radical (unpaired) electrons. The summed E-state index contributed by atoms with van der Waals surface area (Å²) in [6.45, 7) is 0.0450. The van der Waals surface area contributed by atoms with E-state index in [1.54, 1.807) is 6.20 Å². The highest BCUT2D eigenvalue weighted by atomic mass is 16.6. The van der Waals surface area contributed by atoms with Gasteiger partial charge in [-0.1, -0.05) is 18.2 Å². The number of pyridine rings is 1. The van der Waals surface area contributed by atoms with Crippen molar-refractivity contribution in [2.45, 2.75) is 19.1 Å². The summed E-state index contributed by atoms with van der Waals surface area (Å²) in [7, 11) is 0. The number of nitrogens with zero attached hydrogens (tertiary/aromatic N) is 1. The Labute approximate surface area is 99.5 Å². The van der Waals surface area contributed by atoms with E-state index < -0.39 is 6.29 Å². The third-order valence-corrected chi connectivity index (χ3v) is 2.49. The monoisotopic (exact) mass is 233 g/mol. The fourth-order valence-corrected chi connectivity index (χ4v) is 1.64. The number of aliphatic hydroxyl groups is 2. The molecule has 0 spiro atoms. The molecule has 2 N–H and O–H groups in total. The lowest BCUT2D eigenvalue weighted by Crippen LogP contribution is -2.16. The maximum Gasteiger partial charge on any atom is 0.223 e. The van der Waals surface area contributed by atoms with E-state index in [9.17, 15) is 5.11 Å². The van der Waals surface area contributed by atoms with Gasteiger partial charge in [-0.15, -0.1) is 0 Å². The zero-order valence-corrected chi connectivity index (χ0v) is 9.41. The fraction of sp³-hybridized carbons (Fsp3) is 0.308. The maximum absolute atomic E-state index is 9.62. The lowest BCUT2D eigenvalue weighted by molar-refractivity contribution is -0.0286. The number of hydrogen-bond acceptors (Lipinski definition) is 4. The van der Waals surface area contributed by atoms with Gasteiger partial charge in [0, 0.05) is 24.6 Å². The van der Waals surface area contributed by atoms with Crippen LogP contribution in [0.15, 0.2) is 36.5 Å². The van der Waals surface area contributed by atoms with Gasteiger partial charge in [-0.05, 0) is 23.9 Å². The van der Waals surface area contributed by atoms with Gasteiger partial charge in [-0.3, -0.25) is 0 Å². The van der Waals surface area contributed by atoms with Gasteiger partial charge >= 0.3 is 0 Å². The first-order valence-electron chi connectivity index (χ1n) is 5.60. The molecule has 1 atom stereocenters. The molecule has 0 saturated heterocycles. The first-order valence-corrected chi connectivity index (χ1v) is 5.60. The van der Waals surface area contributed by atoms with Crippen molar-refractivity contribution in [1.29, 1.82) is 0 Å². The van der Waals surface area contributed by atoms with Crippen LogP contribution in [0.4, 0.5) is 0 Å². The van der Waals surface area contributed by atoms with E-state index in [2.05, 4.69) is 4.98 Å². The maximum atomic E-state index is 9.62. The average Bonchev–Trinajstić information content (AvgIpc) is 2.37. The number of benzene rings is 1. The summed E-state index contributed by atoms with van der Waals surface area (Å²) in [6.07, 6.45) is 1.62. The van der Waals surface area contributed by atoms with Crippen molar-refractivity contribution in [3.63, 3.8) is 0 Å². The van der Waals surface area contributed by atoms with Crippen LogP contribution in [0.5, 0.6) is 5.88 Å². The summed E-state index contributed by atoms with van der Waals surface area (Å²) in [6, 6.07) is 9.59. The molecule has 0 aliphatic heterocycles. The molecule has 1 heterocycles. The standard InChI is InChI=1S/C13H15NO3/c15-9-3-6-12(16)17-13-11-5-2-1-4-10(11)7-8-14-13/h1-2,4-5,7-8,12,15-16H,3,6,9H2. The van der Waals surface area contributed by atoms with E-state index >= 15 is 0 Å². The molecule has 0 amide bonds. The van der Waals surface area contributed by atoms with Crippen LogP contribution in [-0.4, -0.2) is 28.1 Å². The highest BCUT2D eigenvalue weighted by Gasteiger charge is 2.09. The minimum Gasteiger partial charge on any atom is -0.448 e.